The highest BCUT2D eigenvalue weighted by Crippen LogP contribution is 2.40. The Bertz CT molecular complexity index is 3170. The second-order valence-corrected chi connectivity index (χ2v) is 13.4. The summed E-state index contributed by atoms with van der Waals surface area (Å²) in [7, 11) is 0. The normalized spacial score (nSPS) is 11.3. The molecule has 0 radical (unpaired) electrons. The molecule has 250 valence electrons. The van der Waals surface area contributed by atoms with Crippen molar-refractivity contribution >= 4 is 43.6 Å². The molecule has 54 heavy (non-hydrogen) atoms. The Balaban J connectivity index is 1.25. The highest BCUT2D eigenvalue weighted by molar-refractivity contribution is 6.12. The molecule has 0 atom stereocenters. The number of hydrogen-bond donors (Lipinski definition) is 0. The van der Waals surface area contributed by atoms with Crippen molar-refractivity contribution in [1.82, 2.24) is 14.1 Å². The van der Waals surface area contributed by atoms with Crippen LogP contribution in [-0.2, 0) is 0 Å². The predicted molar refractivity (Wildman–Crippen MR) is 219 cm³/mol. The number of hydrogen-bond acceptors (Lipinski definition) is 3. The van der Waals surface area contributed by atoms with Crippen molar-refractivity contribution in [2.24, 2.45) is 0 Å². The van der Waals surface area contributed by atoms with Gasteiger partial charge in [0, 0.05) is 27.1 Å². The average Bonchev–Trinajstić information content (AvgIpc) is 3.76. The van der Waals surface area contributed by atoms with Gasteiger partial charge in [-0.1, -0.05) is 115 Å². The van der Waals surface area contributed by atoms with Gasteiger partial charge in [0.15, 0.2) is 0 Å². The van der Waals surface area contributed by atoms with Gasteiger partial charge in [0.1, 0.15) is 18.0 Å². The molecule has 0 fully saturated rings. The van der Waals surface area contributed by atoms with E-state index in [0.717, 1.165) is 88.5 Å². The maximum Gasteiger partial charge on any atom is 0.138 e. The van der Waals surface area contributed by atoms with Gasteiger partial charge in [0.25, 0.3) is 0 Å². The topological polar surface area (TPSA) is 70.3 Å². The van der Waals surface area contributed by atoms with Crippen molar-refractivity contribution in [3.8, 4) is 57.0 Å². The van der Waals surface area contributed by atoms with Crippen LogP contribution in [0.25, 0.3) is 88.5 Å². The zero-order chi connectivity index (χ0) is 36.2. The quantitative estimate of drug-likeness (QED) is 0.181. The smallest absolute Gasteiger partial charge is 0.138 e. The Labute approximate surface area is 311 Å². The molecule has 0 spiro atoms. The summed E-state index contributed by atoms with van der Waals surface area (Å²) in [4.78, 5) is 5.22. The first-order valence-electron chi connectivity index (χ1n) is 17.8. The van der Waals surface area contributed by atoms with Gasteiger partial charge in [-0.05, 0) is 82.4 Å². The molecular formula is C49H29N5. The summed E-state index contributed by atoms with van der Waals surface area (Å²) in [6.45, 7) is 0. The summed E-state index contributed by atoms with van der Waals surface area (Å²) < 4.78 is 4.49. The summed E-state index contributed by atoms with van der Waals surface area (Å²) in [5, 5.41) is 24.4. The van der Waals surface area contributed by atoms with Crippen LogP contribution in [0.3, 0.4) is 0 Å². The zero-order valence-electron chi connectivity index (χ0n) is 29.0. The van der Waals surface area contributed by atoms with E-state index in [9.17, 15) is 10.5 Å². The van der Waals surface area contributed by atoms with Gasteiger partial charge in [-0.25, -0.2) is 4.98 Å². The molecule has 0 N–H and O–H groups in total. The highest BCUT2D eigenvalue weighted by atomic mass is 15.1. The van der Waals surface area contributed by atoms with E-state index in [1.807, 2.05) is 30.5 Å². The number of nitrogens with zero attached hydrogens (tertiary/aromatic N) is 5. The zero-order valence-corrected chi connectivity index (χ0v) is 29.0. The lowest BCUT2D eigenvalue weighted by molar-refractivity contribution is 1.06. The molecule has 0 bridgehead atoms. The number of benzene rings is 7. The molecule has 0 saturated carbocycles. The Morgan fingerprint density at radius 2 is 0.889 bits per heavy atom. The maximum atomic E-state index is 10.1. The summed E-state index contributed by atoms with van der Waals surface area (Å²) in [6, 6.07) is 63.1. The third kappa shape index (κ3) is 4.88. The van der Waals surface area contributed by atoms with Crippen LogP contribution in [0.5, 0.6) is 0 Å². The van der Waals surface area contributed by atoms with Gasteiger partial charge in [-0.3, -0.25) is 4.57 Å². The Morgan fingerprint density at radius 1 is 0.389 bits per heavy atom. The molecule has 0 saturated heterocycles. The lowest BCUT2D eigenvalue weighted by Gasteiger charge is -2.17. The first-order chi connectivity index (χ1) is 26.7. The molecule has 0 aliphatic rings. The van der Waals surface area contributed by atoms with Crippen LogP contribution >= 0.6 is 0 Å². The third-order valence-corrected chi connectivity index (χ3v) is 10.5. The molecule has 0 aliphatic heterocycles. The molecule has 3 aromatic heterocycles. The number of rotatable bonds is 5. The molecule has 0 amide bonds. The van der Waals surface area contributed by atoms with Crippen LogP contribution in [-0.4, -0.2) is 14.1 Å². The highest BCUT2D eigenvalue weighted by Gasteiger charge is 2.21. The van der Waals surface area contributed by atoms with Crippen molar-refractivity contribution in [2.75, 3.05) is 0 Å². The van der Waals surface area contributed by atoms with Crippen LogP contribution in [0.2, 0.25) is 0 Å². The van der Waals surface area contributed by atoms with Gasteiger partial charge < -0.3 is 4.57 Å². The standard InChI is InChI=1S/C49H29N5/c50-29-37-20-19-36(25-38(37)30-51)41-28-49(54-45-18-10-8-16-40(45)43-27-35(22-24-47(43)54)33-13-5-2-6-14-33)52-31-48(41)53-44-17-9-7-15-39(44)42-26-34(21-23-46(42)53)32-11-3-1-4-12-32/h1-28,31H. The number of pyridine rings is 1. The third-order valence-electron chi connectivity index (χ3n) is 10.5. The molecule has 5 nitrogen and oxygen atoms in total. The van der Waals surface area contributed by atoms with E-state index >= 15 is 0 Å². The van der Waals surface area contributed by atoms with Crippen molar-refractivity contribution in [3.05, 3.63) is 187 Å². The molecule has 5 heteroatoms. The first kappa shape index (κ1) is 31.0. The Hall–Kier alpha value is -7.73. The minimum atomic E-state index is 0.333. The predicted octanol–water partition coefficient (Wildman–Crippen LogP) is 12.0. The summed E-state index contributed by atoms with van der Waals surface area (Å²) in [5.41, 5.74) is 12.1. The maximum absolute atomic E-state index is 10.1. The number of para-hydroxylation sites is 2. The van der Waals surface area contributed by atoms with E-state index in [1.165, 1.54) is 0 Å². The second kappa shape index (κ2) is 12.5. The molecule has 0 aliphatic carbocycles. The van der Waals surface area contributed by atoms with Crippen molar-refractivity contribution in [1.29, 1.82) is 10.5 Å². The van der Waals surface area contributed by atoms with Crippen molar-refractivity contribution in [3.63, 3.8) is 0 Å². The van der Waals surface area contributed by atoms with Gasteiger partial charge in [-0.2, -0.15) is 10.5 Å². The monoisotopic (exact) mass is 687 g/mol. The van der Waals surface area contributed by atoms with Crippen LogP contribution in [0, 0.1) is 22.7 Å². The lowest BCUT2D eigenvalue weighted by Crippen LogP contribution is -2.03. The fourth-order valence-corrected chi connectivity index (χ4v) is 7.94. The van der Waals surface area contributed by atoms with E-state index < -0.39 is 0 Å². The van der Waals surface area contributed by atoms with Gasteiger partial charge in [0.05, 0.1) is 45.1 Å². The summed E-state index contributed by atoms with van der Waals surface area (Å²) >= 11 is 0. The van der Waals surface area contributed by atoms with Gasteiger partial charge in [0.2, 0.25) is 0 Å². The van der Waals surface area contributed by atoms with E-state index in [2.05, 4.69) is 161 Å². The fourth-order valence-electron chi connectivity index (χ4n) is 7.94. The number of aromatic nitrogens is 3. The minimum Gasteiger partial charge on any atom is -0.307 e. The molecule has 0 unspecified atom stereocenters. The molecule has 3 heterocycles. The largest absolute Gasteiger partial charge is 0.307 e. The van der Waals surface area contributed by atoms with Crippen LogP contribution in [0.1, 0.15) is 11.1 Å². The Kier molecular flexibility index (Phi) is 7.18. The van der Waals surface area contributed by atoms with Crippen LogP contribution < -0.4 is 0 Å². The fraction of sp³-hybridized carbons (Fsp3) is 0. The molecule has 10 aromatic rings. The molecule has 7 aromatic carbocycles. The SMILES string of the molecule is N#Cc1ccc(-c2cc(-n3c4ccccc4c4cc(-c5ccccc5)ccc43)ncc2-n2c3ccccc3c3cc(-c4ccccc4)ccc32)cc1C#N. The minimum absolute atomic E-state index is 0.333. The van der Waals surface area contributed by atoms with E-state index in [1.54, 1.807) is 6.07 Å². The lowest BCUT2D eigenvalue weighted by atomic mass is 9.99. The van der Waals surface area contributed by atoms with Crippen LogP contribution in [0.15, 0.2) is 176 Å². The van der Waals surface area contributed by atoms with E-state index in [0.29, 0.717) is 11.1 Å². The first-order valence-corrected chi connectivity index (χ1v) is 17.8. The molecular weight excluding hydrogens is 659 g/mol. The summed E-state index contributed by atoms with van der Waals surface area (Å²) in [6.07, 6.45) is 1.95. The van der Waals surface area contributed by atoms with Gasteiger partial charge in [-0.15, -0.1) is 0 Å². The van der Waals surface area contributed by atoms with E-state index in [4.69, 9.17) is 4.98 Å². The number of nitriles is 2. The molecule has 10 rings (SSSR count). The number of fused-ring (bicyclic) bond motifs is 6. The van der Waals surface area contributed by atoms with Crippen LogP contribution in [0.4, 0.5) is 0 Å². The Morgan fingerprint density at radius 3 is 1.48 bits per heavy atom. The van der Waals surface area contributed by atoms with Crippen molar-refractivity contribution in [2.45, 2.75) is 0 Å². The second-order valence-electron chi connectivity index (χ2n) is 13.4. The average molecular weight is 688 g/mol. The van der Waals surface area contributed by atoms with Gasteiger partial charge >= 0.3 is 0 Å². The summed E-state index contributed by atoms with van der Waals surface area (Å²) in [5.74, 6) is 0.752. The van der Waals surface area contributed by atoms with E-state index in [-0.39, 0.29) is 0 Å². The van der Waals surface area contributed by atoms with Crippen molar-refractivity contribution < 1.29 is 0 Å².